The fraction of sp³-hybridized carbons (Fsp3) is 0.333. The van der Waals surface area contributed by atoms with Crippen LogP contribution in [0.3, 0.4) is 0 Å². The van der Waals surface area contributed by atoms with Gasteiger partial charge in [-0.1, -0.05) is 31.6 Å². The minimum absolute atomic E-state index is 0.0351. The van der Waals surface area contributed by atoms with Crippen molar-refractivity contribution in [2.45, 2.75) is 32.4 Å². The van der Waals surface area contributed by atoms with Crippen molar-refractivity contribution in [2.24, 2.45) is 0 Å². The highest BCUT2D eigenvalue weighted by Gasteiger charge is 2.27. The van der Waals surface area contributed by atoms with Gasteiger partial charge < -0.3 is 14.1 Å². The number of nitrogens with zero attached hydrogens (tertiary/aromatic N) is 2. The van der Waals surface area contributed by atoms with E-state index < -0.39 is 0 Å². The van der Waals surface area contributed by atoms with Crippen LogP contribution in [0.15, 0.2) is 47.1 Å². The molecule has 1 amide bonds. The molecular formula is C18H19FN2O3. The van der Waals surface area contributed by atoms with Crippen LogP contribution < -0.4 is 4.74 Å². The first kappa shape index (κ1) is 16.2. The largest absolute Gasteiger partial charge is 0.484 e. The van der Waals surface area contributed by atoms with Gasteiger partial charge in [-0.2, -0.15) is 0 Å². The molecule has 0 aliphatic carbocycles. The molecule has 126 valence electrons. The molecule has 0 N–H and O–H groups in total. The van der Waals surface area contributed by atoms with E-state index in [9.17, 15) is 9.18 Å². The topological polar surface area (TPSA) is 55.6 Å². The first-order valence-corrected chi connectivity index (χ1v) is 7.97. The lowest BCUT2D eigenvalue weighted by atomic mass is 10.1. The van der Waals surface area contributed by atoms with Gasteiger partial charge in [-0.15, -0.1) is 0 Å². The van der Waals surface area contributed by atoms with Crippen LogP contribution in [0.25, 0.3) is 0 Å². The summed E-state index contributed by atoms with van der Waals surface area (Å²) in [6.45, 7) is 2.71. The third-order valence-corrected chi connectivity index (χ3v) is 3.84. The van der Waals surface area contributed by atoms with E-state index in [0.717, 1.165) is 12.8 Å². The van der Waals surface area contributed by atoms with Crippen molar-refractivity contribution in [1.29, 1.82) is 0 Å². The van der Waals surface area contributed by atoms with Crippen LogP contribution in [0.2, 0.25) is 0 Å². The molecule has 0 fully saturated rings. The Morgan fingerprint density at radius 2 is 2.38 bits per heavy atom. The van der Waals surface area contributed by atoms with Gasteiger partial charge in [0.2, 0.25) is 5.89 Å². The monoisotopic (exact) mass is 330 g/mol. The first-order chi connectivity index (χ1) is 11.7. The average Bonchev–Trinajstić information content (AvgIpc) is 3.22. The minimum Gasteiger partial charge on any atom is -0.484 e. The van der Waals surface area contributed by atoms with Gasteiger partial charge in [0.25, 0.3) is 5.91 Å². The van der Waals surface area contributed by atoms with Gasteiger partial charge in [-0.25, -0.2) is 9.37 Å². The fourth-order valence-electron chi connectivity index (χ4n) is 2.68. The number of amides is 1. The molecule has 2 aromatic rings. The molecule has 0 saturated carbocycles. The van der Waals surface area contributed by atoms with Crippen LogP contribution in [0, 0.1) is 5.82 Å². The van der Waals surface area contributed by atoms with E-state index in [2.05, 4.69) is 18.0 Å². The number of halogens is 1. The standard InChI is InChI=1S/C18H19FN2O3/c1-2-5-14-7-4-9-21(14)18(22)16-11-24-17(20-16)12-23-15-8-3-6-13(19)10-15/h3-4,6-8,10-11,14H,2,5,9,12H2,1H3/t14-/m0/s1. The lowest BCUT2D eigenvalue weighted by Gasteiger charge is -2.23. The maximum absolute atomic E-state index is 13.1. The summed E-state index contributed by atoms with van der Waals surface area (Å²) >= 11 is 0. The van der Waals surface area contributed by atoms with E-state index in [1.165, 1.54) is 18.4 Å². The number of carbonyl (C=O) groups is 1. The van der Waals surface area contributed by atoms with Crippen LogP contribution in [0.5, 0.6) is 5.75 Å². The highest BCUT2D eigenvalue weighted by Crippen LogP contribution is 2.19. The smallest absolute Gasteiger partial charge is 0.276 e. The Bertz CT molecular complexity index is 741. The molecule has 6 heteroatoms. The molecule has 2 heterocycles. The van der Waals surface area contributed by atoms with Crippen molar-refractivity contribution < 1.29 is 18.3 Å². The molecule has 0 bridgehead atoms. The summed E-state index contributed by atoms with van der Waals surface area (Å²) in [6.07, 6.45) is 7.32. The Hall–Kier alpha value is -2.63. The number of aromatic nitrogens is 1. The normalized spacial score (nSPS) is 16.6. The van der Waals surface area contributed by atoms with E-state index in [1.54, 1.807) is 17.0 Å². The zero-order chi connectivity index (χ0) is 16.9. The van der Waals surface area contributed by atoms with Crippen LogP contribution in [-0.4, -0.2) is 28.4 Å². The number of oxazole rings is 1. The number of benzene rings is 1. The summed E-state index contributed by atoms with van der Waals surface area (Å²) in [5.41, 5.74) is 0.262. The third kappa shape index (κ3) is 3.64. The van der Waals surface area contributed by atoms with Gasteiger partial charge in [0, 0.05) is 12.6 Å². The van der Waals surface area contributed by atoms with Crippen LogP contribution >= 0.6 is 0 Å². The molecule has 0 unspecified atom stereocenters. The van der Waals surface area contributed by atoms with Gasteiger partial charge in [0.15, 0.2) is 12.3 Å². The second-order valence-corrected chi connectivity index (χ2v) is 5.61. The van der Waals surface area contributed by atoms with E-state index in [4.69, 9.17) is 9.15 Å². The second-order valence-electron chi connectivity index (χ2n) is 5.61. The van der Waals surface area contributed by atoms with Crippen molar-refractivity contribution in [1.82, 2.24) is 9.88 Å². The van der Waals surface area contributed by atoms with Crippen LogP contribution in [-0.2, 0) is 6.61 Å². The quantitative estimate of drug-likeness (QED) is 0.760. The van der Waals surface area contributed by atoms with E-state index in [0.29, 0.717) is 12.3 Å². The molecule has 1 aliphatic rings. The lowest BCUT2D eigenvalue weighted by molar-refractivity contribution is 0.0738. The Morgan fingerprint density at radius 1 is 1.50 bits per heavy atom. The predicted octanol–water partition coefficient (Wildman–Crippen LogP) is 3.57. The van der Waals surface area contributed by atoms with Crippen molar-refractivity contribution in [3.05, 3.63) is 60.1 Å². The zero-order valence-corrected chi connectivity index (χ0v) is 13.4. The van der Waals surface area contributed by atoms with E-state index in [1.807, 2.05) is 6.08 Å². The number of hydrogen-bond donors (Lipinski definition) is 0. The van der Waals surface area contributed by atoms with Crippen molar-refractivity contribution in [3.8, 4) is 5.75 Å². The third-order valence-electron chi connectivity index (χ3n) is 3.84. The van der Waals surface area contributed by atoms with E-state index in [-0.39, 0.29) is 36.0 Å². The molecule has 1 aromatic heterocycles. The number of ether oxygens (including phenoxy) is 1. The molecule has 0 radical (unpaired) electrons. The van der Waals surface area contributed by atoms with Gasteiger partial charge in [-0.3, -0.25) is 4.79 Å². The molecule has 0 saturated heterocycles. The lowest BCUT2D eigenvalue weighted by Crippen LogP contribution is -2.36. The molecule has 24 heavy (non-hydrogen) atoms. The maximum atomic E-state index is 13.1. The molecule has 1 atom stereocenters. The molecule has 1 aliphatic heterocycles. The highest BCUT2D eigenvalue weighted by molar-refractivity contribution is 5.92. The van der Waals surface area contributed by atoms with E-state index >= 15 is 0 Å². The summed E-state index contributed by atoms with van der Waals surface area (Å²) < 4.78 is 23.8. The Morgan fingerprint density at radius 3 is 3.17 bits per heavy atom. The Labute approximate surface area is 139 Å². The summed E-state index contributed by atoms with van der Waals surface area (Å²) in [5, 5.41) is 0. The summed E-state index contributed by atoms with van der Waals surface area (Å²) in [7, 11) is 0. The molecule has 3 rings (SSSR count). The maximum Gasteiger partial charge on any atom is 0.276 e. The SMILES string of the molecule is CCC[C@H]1C=CCN1C(=O)c1coc(COc2cccc(F)c2)n1. The first-order valence-electron chi connectivity index (χ1n) is 7.97. The number of rotatable bonds is 6. The predicted molar refractivity (Wildman–Crippen MR) is 86.1 cm³/mol. The second kappa shape index (κ2) is 7.29. The summed E-state index contributed by atoms with van der Waals surface area (Å²) in [6, 6.07) is 5.93. The van der Waals surface area contributed by atoms with Gasteiger partial charge in [0.05, 0.1) is 6.04 Å². The molecule has 5 nitrogen and oxygen atoms in total. The highest BCUT2D eigenvalue weighted by atomic mass is 19.1. The zero-order valence-electron chi connectivity index (χ0n) is 13.4. The van der Waals surface area contributed by atoms with Crippen molar-refractivity contribution in [2.75, 3.05) is 6.54 Å². The average molecular weight is 330 g/mol. The van der Waals surface area contributed by atoms with Gasteiger partial charge >= 0.3 is 0 Å². The minimum atomic E-state index is -0.376. The Kier molecular flexibility index (Phi) is 4.93. The molecular weight excluding hydrogens is 311 g/mol. The van der Waals surface area contributed by atoms with Crippen LogP contribution in [0.1, 0.15) is 36.1 Å². The number of hydrogen-bond acceptors (Lipinski definition) is 4. The van der Waals surface area contributed by atoms with Gasteiger partial charge in [0.1, 0.15) is 17.8 Å². The summed E-state index contributed by atoms with van der Waals surface area (Å²) in [5.74, 6) is 0.133. The fourth-order valence-corrected chi connectivity index (χ4v) is 2.68. The Balaban J connectivity index is 1.61. The van der Waals surface area contributed by atoms with Crippen LogP contribution in [0.4, 0.5) is 4.39 Å². The summed E-state index contributed by atoms with van der Waals surface area (Å²) in [4.78, 5) is 18.5. The van der Waals surface area contributed by atoms with Gasteiger partial charge in [-0.05, 0) is 18.6 Å². The molecule has 0 spiro atoms. The van der Waals surface area contributed by atoms with Crippen molar-refractivity contribution >= 4 is 5.91 Å². The molecule has 1 aromatic carbocycles. The number of carbonyl (C=O) groups excluding carboxylic acids is 1. The van der Waals surface area contributed by atoms with Crippen molar-refractivity contribution in [3.63, 3.8) is 0 Å².